The van der Waals surface area contributed by atoms with Crippen LogP contribution < -0.4 is 58.9 Å². The van der Waals surface area contributed by atoms with Crippen molar-refractivity contribution in [2.75, 3.05) is 115 Å². The molecule has 2 aliphatic heterocycles. The van der Waals surface area contributed by atoms with Gasteiger partial charge in [-0.1, -0.05) is 24.3 Å². The van der Waals surface area contributed by atoms with Gasteiger partial charge in [-0.15, -0.1) is 56.7 Å². The molecule has 0 spiro atoms. The van der Waals surface area contributed by atoms with Crippen LogP contribution in [0.3, 0.4) is 0 Å². The van der Waals surface area contributed by atoms with Crippen molar-refractivity contribution >= 4 is 180 Å². The predicted octanol–water partition coefficient (Wildman–Crippen LogP) is 16.9. The van der Waals surface area contributed by atoms with Gasteiger partial charge >= 0.3 is 40.5 Å². The Balaban J connectivity index is 0.000000150. The first-order valence-corrected chi connectivity index (χ1v) is 49.7. The van der Waals surface area contributed by atoms with Crippen molar-refractivity contribution in [1.82, 2.24) is 120 Å². The second-order valence-electron chi connectivity index (χ2n) is 31.6. The molecule has 0 aromatic carbocycles. The van der Waals surface area contributed by atoms with E-state index < -0.39 is 14.8 Å². The number of thiophene rings is 5. The zero-order chi connectivity index (χ0) is 102. The molecule has 1 amide bonds. The van der Waals surface area contributed by atoms with E-state index >= 15 is 0 Å². The number of rotatable bonds is 26. The van der Waals surface area contributed by atoms with E-state index in [1.165, 1.54) is 64.4 Å². The molecule has 745 valence electrons. The molecule has 0 aliphatic carbocycles. The van der Waals surface area contributed by atoms with Crippen LogP contribution in [0, 0.1) is 27.7 Å². The van der Waals surface area contributed by atoms with Gasteiger partial charge in [-0.25, -0.2) is 94.1 Å². The third kappa shape index (κ3) is 34.6. The summed E-state index contributed by atoms with van der Waals surface area (Å²) < 4.78 is 31.2. The molecule has 49 heteroatoms. The van der Waals surface area contributed by atoms with Crippen molar-refractivity contribution in [3.63, 3.8) is 0 Å². The first-order valence-electron chi connectivity index (χ1n) is 44.3. The molecule has 2 fully saturated rings. The Morgan fingerprint density at radius 3 is 1.06 bits per heavy atom. The number of ether oxygens (including phenoxy) is 3. The molecule has 0 unspecified atom stereocenters. The number of nitrogens with two attached hydrogens (primary N) is 1. The summed E-state index contributed by atoms with van der Waals surface area (Å²) in [7, 11) is 2.69. The Kier molecular flexibility index (Phi) is 39.6. The Labute approximate surface area is 858 Å². The zero-order valence-corrected chi connectivity index (χ0v) is 84.8. The van der Waals surface area contributed by atoms with Crippen LogP contribution in [0.5, 0.6) is 0 Å². The van der Waals surface area contributed by atoms with Crippen LogP contribution in [0.25, 0.3) is 46.1 Å². The maximum atomic E-state index is 11.6. The van der Waals surface area contributed by atoms with Gasteiger partial charge in [0.25, 0.3) is 0 Å². The van der Waals surface area contributed by atoms with Crippen LogP contribution in [0.4, 0.5) is 104 Å². The van der Waals surface area contributed by atoms with Gasteiger partial charge in [-0.2, -0.15) is 19.9 Å². The first kappa shape index (κ1) is 106. The summed E-state index contributed by atoms with van der Waals surface area (Å²) in [5.74, 6) is 7.99. The summed E-state index contributed by atoms with van der Waals surface area (Å²) in [6.45, 7) is 21.8. The molecule has 19 heterocycles. The van der Waals surface area contributed by atoms with Gasteiger partial charge in [-0.3, -0.25) is 9.69 Å². The van der Waals surface area contributed by atoms with E-state index in [2.05, 4.69) is 174 Å². The van der Waals surface area contributed by atoms with E-state index in [0.29, 0.717) is 137 Å². The van der Waals surface area contributed by atoms with Crippen molar-refractivity contribution in [2.24, 2.45) is 0 Å². The third-order valence-corrected chi connectivity index (χ3v) is 23.9. The van der Waals surface area contributed by atoms with E-state index in [1.54, 1.807) is 143 Å². The maximum absolute atomic E-state index is 11.6. The van der Waals surface area contributed by atoms with E-state index in [-0.39, 0.29) is 30.2 Å². The number of anilines is 17. The molecule has 0 bridgehead atoms. The van der Waals surface area contributed by atoms with Crippen molar-refractivity contribution < 1.29 is 61.0 Å². The van der Waals surface area contributed by atoms with Crippen molar-refractivity contribution in [2.45, 2.75) is 67.2 Å². The number of nitrogens with zero attached hydrogens (tertiary/aromatic N) is 22. The fourth-order valence-electron chi connectivity index (χ4n) is 12.8. The van der Waals surface area contributed by atoms with Crippen LogP contribution in [-0.2, 0) is 49.9 Å². The van der Waals surface area contributed by atoms with E-state index in [9.17, 15) is 24.3 Å². The van der Waals surface area contributed by atoms with Gasteiger partial charge in [0.05, 0.1) is 48.5 Å². The molecule has 2 aliphatic rings. The Morgan fingerprint density at radius 1 is 0.407 bits per heavy atom. The number of aromatic nitrogens is 20. The number of nitrogen functional groups attached to an aromatic ring is 1. The molecule has 19 rings (SSSR count). The summed E-state index contributed by atoms with van der Waals surface area (Å²) in [4.78, 5) is 141. The van der Waals surface area contributed by atoms with Crippen molar-refractivity contribution in [3.8, 4) is 46.1 Å². The van der Waals surface area contributed by atoms with E-state index in [1.807, 2.05) is 138 Å². The second-order valence-corrected chi connectivity index (χ2v) is 36.6. The zero-order valence-electron chi connectivity index (χ0n) is 79.5. The molecule has 2 saturated heterocycles. The van der Waals surface area contributed by atoms with Gasteiger partial charge in [0.15, 0.2) is 29.6 Å². The summed E-state index contributed by atoms with van der Waals surface area (Å²) in [5, 5.41) is 50.3. The minimum absolute atomic E-state index is 0.0145. The first-order chi connectivity index (χ1) is 70.3. The molecular weight excluding hydrogens is 1990 g/mol. The third-order valence-electron chi connectivity index (χ3n) is 19.3. The van der Waals surface area contributed by atoms with Gasteiger partial charge in [0.1, 0.15) is 84.7 Å². The monoisotopic (exact) mass is 2090 g/mol. The molecule has 145 heavy (non-hydrogen) atoms. The number of aliphatic hydroxyl groups excluding tert-OH is 1. The molecule has 17 aromatic heterocycles. The number of esters is 2. The van der Waals surface area contributed by atoms with Gasteiger partial charge in [0.2, 0.25) is 23.8 Å². The molecule has 0 saturated carbocycles. The van der Waals surface area contributed by atoms with Crippen LogP contribution in [0.1, 0.15) is 82.3 Å². The number of hydrogen-bond donors (Lipinski definition) is 12. The Morgan fingerprint density at radius 2 is 0.724 bits per heavy atom. The van der Waals surface area contributed by atoms with E-state index in [4.69, 9.17) is 22.9 Å². The number of carbonyl (C=O) groups excluding carboxylic acids is 4. The summed E-state index contributed by atoms with van der Waals surface area (Å²) in [6.07, 6.45) is 14.0. The van der Waals surface area contributed by atoms with Gasteiger partial charge in [0, 0.05) is 174 Å². The SMILES string of the molecule is CC(C)(C)OC(=O)N1CCNCC1.COC(=O)c1cc(N)cs1.COC(=O)c1cc(Nc2nccc(Nc3ccnc(-c4cccc(C)n4)n3)n2)cs1.Cc1cccc(-c2nccc(Nc3ccnc(Nc4csc(C=O)c4)n3)n2)n1.Cc1cccc(-c2nccc(Nc3ccnc(Nc4csc(CN5CCNCC5)c4)n3)n2)n1.Cc1cccc(-c2nccc(Nc3ccnc(Nc4csc(CO)c4)n3)n2)n1.[O]=[Mn]=[O]. The number of aliphatic hydroxyl groups is 1. The van der Waals surface area contributed by atoms with Gasteiger partial charge in [-0.05, 0) is 176 Å². The number of pyridine rings is 4. The number of amides is 1. The second kappa shape index (κ2) is 54.1. The molecule has 13 N–H and O–H groups in total. The van der Waals surface area contributed by atoms with Crippen molar-refractivity contribution in [3.05, 3.63) is 275 Å². The fraction of sp³-hybridized carbons (Fsp3) is 0.208. The normalized spacial score (nSPS) is 11.9. The summed E-state index contributed by atoms with van der Waals surface area (Å²) in [6, 6.07) is 46.1. The Hall–Kier alpha value is -16.2. The van der Waals surface area contributed by atoms with Crippen LogP contribution in [-0.4, -0.2) is 211 Å². The summed E-state index contributed by atoms with van der Waals surface area (Å²) in [5.41, 5.74) is 15.4. The summed E-state index contributed by atoms with van der Waals surface area (Å²) >= 11 is 5.69. The standard InChI is InChI=1S/C23H25N9S.C20H17N7O2S.C19H17N7OS.C19H15N7OS.C9H18N2O2.C6H7NO2S.Mn.2O/c1-16-3-2-4-19(27-16)22-25-7-5-20(30-22)29-21-6-8-26-23(31-21)28-17-13-18(33-15-17)14-32-11-9-24-10-12-32;1-12-4-3-5-14(23-12)18-21-8-6-16(26-18)25-17-7-9-22-20(27-17)24-13-10-15(30-11-13)19(28)29-2;2*1-12-3-2-4-15(22-12)18-20-7-5-16(25-18)24-17-6-8-21-19(26-17)23-13-9-14(10-27)28-11-13;1-9(2,3)13-8(12)11-6-4-10-5-7-11;1-9-6(8)5-2-4(7)3-10-5;;;/h2-8,13,15,24H,9-12,14H2,1H3,(H2,25,26,28,29,30,31);3-11H,1-2H3,(H2,21,22,24,25,26,27);2-9,11,27H,10H2,1H3,(H2,20,21,23,24,25,26);2-11H,1H3,(H2,20,21,23,24,25,26);10H,4-7H2,1-3H3;2-3H,7H2,1H3;;;. The number of aldehydes is 1. The van der Waals surface area contributed by atoms with Crippen LogP contribution >= 0.6 is 56.7 Å². The average molecular weight is 2090 g/mol. The molecule has 17 aromatic rings. The average Bonchev–Trinajstić information content (AvgIpc) is 1.66. The number of hydrogen-bond acceptors (Lipinski definition) is 47. The van der Waals surface area contributed by atoms with E-state index in [0.717, 1.165) is 116 Å². The van der Waals surface area contributed by atoms with Crippen molar-refractivity contribution in [1.29, 1.82) is 0 Å². The molecule has 43 nitrogen and oxygen atoms in total. The van der Waals surface area contributed by atoms with Crippen LogP contribution in [0.15, 0.2) is 228 Å². The Bertz CT molecular complexity index is 7180. The van der Waals surface area contributed by atoms with Crippen LogP contribution in [0.2, 0.25) is 0 Å². The number of piperazine rings is 2. The molecule has 0 radical (unpaired) electrons. The quantitative estimate of drug-likeness (QED) is 0.0104. The number of carbonyl (C=O) groups is 4. The molecule has 0 atom stereocenters. The van der Waals surface area contributed by atoms with Gasteiger partial charge < -0.3 is 83.1 Å². The number of methoxy groups -OCH3 is 2. The number of aryl methyl sites for hydroxylation is 4. The predicted molar refractivity (Wildman–Crippen MR) is 555 cm³/mol. The molecular formula is C96H99MnN33O10S5. The topological polar surface area (TPSA) is 561 Å². The minimum atomic E-state index is -1.44. The fourth-order valence-corrected chi connectivity index (χ4v) is 16.5. The number of nitrogens with one attached hydrogen (secondary N) is 10.